The number of fused-ring (bicyclic) bond motifs is 1. The van der Waals surface area contributed by atoms with E-state index in [1.54, 1.807) is 7.11 Å². The van der Waals surface area contributed by atoms with Crippen LogP contribution in [0.3, 0.4) is 0 Å². The summed E-state index contributed by atoms with van der Waals surface area (Å²) in [5.74, 6) is 0.444. The van der Waals surface area contributed by atoms with E-state index in [2.05, 4.69) is 0 Å². The van der Waals surface area contributed by atoms with Crippen molar-refractivity contribution < 1.29 is 14.3 Å². The summed E-state index contributed by atoms with van der Waals surface area (Å²) in [5, 5.41) is 0. The molecule has 2 aliphatic heterocycles. The fourth-order valence-corrected chi connectivity index (χ4v) is 3.25. The fraction of sp³-hybridized carbons (Fsp3) is 0.500. The molecule has 5 heteroatoms. The Balaban J connectivity index is 1.64. The first-order valence-electron chi connectivity index (χ1n) is 7.34. The van der Waals surface area contributed by atoms with E-state index in [9.17, 15) is 9.59 Å². The summed E-state index contributed by atoms with van der Waals surface area (Å²) in [4.78, 5) is 28.2. The molecule has 2 amide bonds. The van der Waals surface area contributed by atoms with Gasteiger partial charge >= 0.3 is 0 Å². The average molecular weight is 288 g/mol. The maximum absolute atomic E-state index is 12.5. The summed E-state index contributed by atoms with van der Waals surface area (Å²) in [6, 6.07) is 9.75. The third-order valence-electron chi connectivity index (χ3n) is 4.38. The van der Waals surface area contributed by atoms with Crippen molar-refractivity contribution >= 4 is 17.5 Å². The van der Waals surface area contributed by atoms with Crippen molar-refractivity contribution in [2.24, 2.45) is 11.8 Å². The monoisotopic (exact) mass is 288 g/mol. The van der Waals surface area contributed by atoms with Crippen LogP contribution in [0.2, 0.25) is 0 Å². The number of para-hydroxylation sites is 1. The van der Waals surface area contributed by atoms with Crippen LogP contribution in [0.5, 0.6) is 0 Å². The minimum atomic E-state index is -0.0447. The number of nitrogens with zero attached hydrogens (tertiary/aromatic N) is 2. The Morgan fingerprint density at radius 3 is 2.67 bits per heavy atom. The number of anilines is 1. The minimum Gasteiger partial charge on any atom is -0.384 e. The zero-order valence-corrected chi connectivity index (χ0v) is 12.2. The third kappa shape index (κ3) is 2.65. The third-order valence-corrected chi connectivity index (χ3v) is 4.38. The molecule has 0 aliphatic carbocycles. The van der Waals surface area contributed by atoms with Crippen molar-refractivity contribution in [1.82, 2.24) is 4.90 Å². The second-order valence-electron chi connectivity index (χ2n) is 5.69. The predicted octanol–water partition coefficient (Wildman–Crippen LogP) is 1.14. The highest BCUT2D eigenvalue weighted by Gasteiger charge is 2.47. The second kappa shape index (κ2) is 5.85. The van der Waals surface area contributed by atoms with Gasteiger partial charge in [-0.05, 0) is 12.1 Å². The van der Waals surface area contributed by atoms with E-state index in [0.29, 0.717) is 32.7 Å². The van der Waals surface area contributed by atoms with E-state index in [0.717, 1.165) is 5.69 Å². The maximum atomic E-state index is 12.5. The first kappa shape index (κ1) is 14.1. The Morgan fingerprint density at radius 1 is 1.24 bits per heavy atom. The van der Waals surface area contributed by atoms with E-state index in [-0.39, 0.29) is 23.7 Å². The maximum Gasteiger partial charge on any atom is 0.232 e. The number of ether oxygens (including phenoxy) is 1. The zero-order valence-electron chi connectivity index (χ0n) is 12.2. The molecule has 1 aromatic rings. The average Bonchev–Trinajstić information content (AvgIpc) is 3.06. The van der Waals surface area contributed by atoms with Crippen molar-refractivity contribution in [3.63, 3.8) is 0 Å². The molecule has 0 spiro atoms. The Morgan fingerprint density at radius 2 is 2.00 bits per heavy atom. The van der Waals surface area contributed by atoms with Crippen molar-refractivity contribution in [3.05, 3.63) is 30.3 Å². The van der Waals surface area contributed by atoms with Crippen LogP contribution in [0, 0.1) is 11.8 Å². The molecular formula is C16H20N2O3. The minimum absolute atomic E-state index is 0.0447. The SMILES string of the molecule is COCCC(=O)N1C[C@@H]2CN(c3ccccc3)C(=O)[C@@H]2C1. The molecule has 0 radical (unpaired) electrons. The summed E-state index contributed by atoms with van der Waals surface area (Å²) >= 11 is 0. The van der Waals surface area contributed by atoms with Gasteiger partial charge in [-0.3, -0.25) is 9.59 Å². The molecule has 0 unspecified atom stereocenters. The molecule has 0 bridgehead atoms. The van der Waals surface area contributed by atoms with Crippen LogP contribution >= 0.6 is 0 Å². The zero-order chi connectivity index (χ0) is 14.8. The molecule has 21 heavy (non-hydrogen) atoms. The lowest BCUT2D eigenvalue weighted by atomic mass is 10.0. The van der Waals surface area contributed by atoms with Crippen molar-refractivity contribution in [1.29, 1.82) is 0 Å². The van der Waals surface area contributed by atoms with Gasteiger partial charge in [0, 0.05) is 38.3 Å². The number of hydrogen-bond donors (Lipinski definition) is 0. The Bertz CT molecular complexity index is 532. The van der Waals surface area contributed by atoms with Crippen LogP contribution in [0.1, 0.15) is 6.42 Å². The van der Waals surface area contributed by atoms with Crippen LogP contribution in [-0.4, -0.2) is 50.1 Å². The van der Waals surface area contributed by atoms with Gasteiger partial charge in [0.05, 0.1) is 18.9 Å². The summed E-state index contributed by atoms with van der Waals surface area (Å²) in [5.41, 5.74) is 0.953. The quantitative estimate of drug-likeness (QED) is 0.835. The van der Waals surface area contributed by atoms with Crippen LogP contribution in [0.25, 0.3) is 0 Å². The van der Waals surface area contributed by atoms with E-state index < -0.39 is 0 Å². The number of carbonyl (C=O) groups is 2. The number of rotatable bonds is 4. The smallest absolute Gasteiger partial charge is 0.232 e. The van der Waals surface area contributed by atoms with Gasteiger partial charge in [0.2, 0.25) is 11.8 Å². The van der Waals surface area contributed by atoms with Gasteiger partial charge in [-0.15, -0.1) is 0 Å². The number of likely N-dealkylation sites (tertiary alicyclic amines) is 1. The van der Waals surface area contributed by atoms with E-state index in [1.165, 1.54) is 0 Å². The van der Waals surface area contributed by atoms with Gasteiger partial charge in [0.1, 0.15) is 0 Å². The first-order valence-corrected chi connectivity index (χ1v) is 7.34. The summed E-state index contributed by atoms with van der Waals surface area (Å²) in [6.07, 6.45) is 0.395. The molecular weight excluding hydrogens is 268 g/mol. The van der Waals surface area contributed by atoms with Gasteiger partial charge in [0.15, 0.2) is 0 Å². The van der Waals surface area contributed by atoms with Crippen LogP contribution in [0.15, 0.2) is 30.3 Å². The highest BCUT2D eigenvalue weighted by Crippen LogP contribution is 2.35. The van der Waals surface area contributed by atoms with E-state index >= 15 is 0 Å². The number of carbonyl (C=O) groups excluding carboxylic acids is 2. The molecule has 2 fully saturated rings. The molecule has 2 heterocycles. The lowest BCUT2D eigenvalue weighted by Gasteiger charge is -2.22. The van der Waals surface area contributed by atoms with Crippen molar-refractivity contribution in [2.45, 2.75) is 6.42 Å². The molecule has 0 N–H and O–H groups in total. The number of methoxy groups -OCH3 is 1. The predicted molar refractivity (Wildman–Crippen MR) is 78.8 cm³/mol. The Kier molecular flexibility index (Phi) is 3.92. The topological polar surface area (TPSA) is 49.9 Å². The molecule has 0 saturated carbocycles. The normalized spacial score (nSPS) is 24.5. The van der Waals surface area contributed by atoms with Crippen molar-refractivity contribution in [3.8, 4) is 0 Å². The molecule has 3 rings (SSSR count). The molecule has 2 atom stereocenters. The number of benzene rings is 1. The first-order chi connectivity index (χ1) is 10.2. The lowest BCUT2D eigenvalue weighted by molar-refractivity contribution is -0.131. The van der Waals surface area contributed by atoms with Gasteiger partial charge in [-0.25, -0.2) is 0 Å². The second-order valence-corrected chi connectivity index (χ2v) is 5.69. The summed E-state index contributed by atoms with van der Waals surface area (Å²) < 4.78 is 4.94. The standard InChI is InChI=1S/C16H20N2O3/c1-21-8-7-15(19)17-9-12-10-18(16(20)14(12)11-17)13-5-3-2-4-6-13/h2-6,12,14H,7-11H2,1H3/t12-,14-/m1/s1. The van der Waals surface area contributed by atoms with Gasteiger partial charge < -0.3 is 14.5 Å². The lowest BCUT2D eigenvalue weighted by Crippen LogP contribution is -2.35. The van der Waals surface area contributed by atoms with Gasteiger partial charge in [0.25, 0.3) is 0 Å². The van der Waals surface area contributed by atoms with E-state index in [4.69, 9.17) is 4.74 Å². The fourth-order valence-electron chi connectivity index (χ4n) is 3.25. The Hall–Kier alpha value is -1.88. The van der Waals surface area contributed by atoms with Crippen LogP contribution in [-0.2, 0) is 14.3 Å². The molecule has 112 valence electrons. The van der Waals surface area contributed by atoms with Gasteiger partial charge in [-0.1, -0.05) is 18.2 Å². The van der Waals surface area contributed by atoms with Crippen molar-refractivity contribution in [2.75, 3.05) is 38.3 Å². The molecule has 0 aromatic heterocycles. The molecule has 2 saturated heterocycles. The van der Waals surface area contributed by atoms with Gasteiger partial charge in [-0.2, -0.15) is 0 Å². The molecule has 2 aliphatic rings. The number of amides is 2. The molecule has 1 aromatic carbocycles. The van der Waals surface area contributed by atoms with Crippen LogP contribution in [0.4, 0.5) is 5.69 Å². The molecule has 5 nitrogen and oxygen atoms in total. The number of hydrogen-bond acceptors (Lipinski definition) is 3. The largest absolute Gasteiger partial charge is 0.384 e. The highest BCUT2D eigenvalue weighted by molar-refractivity contribution is 5.98. The summed E-state index contributed by atoms with van der Waals surface area (Å²) in [7, 11) is 1.59. The highest BCUT2D eigenvalue weighted by atomic mass is 16.5. The summed E-state index contributed by atoms with van der Waals surface area (Å²) in [6.45, 7) is 2.38. The Labute approximate surface area is 124 Å². The van der Waals surface area contributed by atoms with Crippen LogP contribution < -0.4 is 4.90 Å². The van der Waals surface area contributed by atoms with E-state index in [1.807, 2.05) is 40.1 Å².